The van der Waals surface area contributed by atoms with E-state index in [4.69, 9.17) is 27.9 Å². The van der Waals surface area contributed by atoms with Crippen molar-refractivity contribution in [3.8, 4) is 5.75 Å². The minimum absolute atomic E-state index is 0.0102. The number of anilines is 2. The number of nitro groups is 1. The second kappa shape index (κ2) is 9.86. The summed E-state index contributed by atoms with van der Waals surface area (Å²) in [5, 5.41) is 15.9. The maximum atomic E-state index is 13.0. The highest BCUT2D eigenvalue weighted by Crippen LogP contribution is 2.29. The second-order valence-corrected chi connectivity index (χ2v) is 8.74. The van der Waals surface area contributed by atoms with Gasteiger partial charge in [-0.2, -0.15) is 5.10 Å². The van der Waals surface area contributed by atoms with Gasteiger partial charge in [0, 0.05) is 23.4 Å². The maximum Gasteiger partial charge on any atom is 0.270 e. The number of sulfonamides is 1. The number of benzene rings is 3. The molecule has 0 aromatic heterocycles. The molecule has 0 saturated heterocycles. The van der Waals surface area contributed by atoms with E-state index in [1.54, 1.807) is 30.3 Å². The molecule has 0 spiro atoms. The van der Waals surface area contributed by atoms with Crippen LogP contribution in [0.15, 0.2) is 70.7 Å². The van der Waals surface area contributed by atoms with Crippen molar-refractivity contribution in [2.24, 2.45) is 5.10 Å². The number of non-ortho nitro benzene ring substituents is 1. The van der Waals surface area contributed by atoms with Crippen LogP contribution in [0.5, 0.6) is 5.75 Å². The average Bonchev–Trinajstić information content (AvgIpc) is 2.76. The van der Waals surface area contributed by atoms with Crippen LogP contribution in [-0.4, -0.2) is 26.7 Å². The van der Waals surface area contributed by atoms with Gasteiger partial charge in [-0.3, -0.25) is 20.3 Å². The maximum absolute atomic E-state index is 13.0. The number of rotatable bonds is 8. The van der Waals surface area contributed by atoms with Crippen molar-refractivity contribution in [2.45, 2.75) is 4.90 Å². The Morgan fingerprint density at radius 1 is 1.06 bits per heavy atom. The highest BCUT2D eigenvalue weighted by atomic mass is 35.5. The molecule has 3 aromatic rings. The van der Waals surface area contributed by atoms with Crippen molar-refractivity contribution >= 4 is 56.5 Å². The third kappa shape index (κ3) is 5.47. The fourth-order valence-corrected chi connectivity index (χ4v) is 4.34. The van der Waals surface area contributed by atoms with Crippen molar-refractivity contribution in [3.05, 3.63) is 86.4 Å². The molecule has 0 aliphatic carbocycles. The lowest BCUT2D eigenvalue weighted by molar-refractivity contribution is -0.385. The number of hydrogen-bond donors (Lipinski definition) is 2. The number of ether oxygens (including phenoxy) is 1. The van der Waals surface area contributed by atoms with E-state index in [-0.39, 0.29) is 16.3 Å². The SMILES string of the molecule is COc1ccc(NS(=O)(=O)c2cc([N+](=O)[O-])ccc2NN=Cc2c(Cl)cccc2Cl)cc1. The van der Waals surface area contributed by atoms with Gasteiger partial charge in [-0.25, -0.2) is 8.42 Å². The summed E-state index contributed by atoms with van der Waals surface area (Å²) in [7, 11) is -2.73. The number of nitrogens with one attached hydrogen (secondary N) is 2. The minimum atomic E-state index is -4.21. The van der Waals surface area contributed by atoms with E-state index < -0.39 is 20.6 Å². The Labute approximate surface area is 193 Å². The topological polar surface area (TPSA) is 123 Å². The van der Waals surface area contributed by atoms with Crippen molar-refractivity contribution in [3.63, 3.8) is 0 Å². The Morgan fingerprint density at radius 3 is 2.31 bits per heavy atom. The summed E-state index contributed by atoms with van der Waals surface area (Å²) in [4.78, 5) is 10.1. The number of halogens is 2. The van der Waals surface area contributed by atoms with Crippen LogP contribution in [0.4, 0.5) is 17.1 Å². The summed E-state index contributed by atoms with van der Waals surface area (Å²) in [6.07, 6.45) is 1.32. The molecule has 2 N–H and O–H groups in total. The molecular formula is C20H16Cl2N4O5S. The van der Waals surface area contributed by atoms with Crippen LogP contribution in [-0.2, 0) is 10.0 Å². The van der Waals surface area contributed by atoms with Gasteiger partial charge in [-0.05, 0) is 42.5 Å². The van der Waals surface area contributed by atoms with Crippen LogP contribution in [0.3, 0.4) is 0 Å². The Kier molecular flexibility index (Phi) is 7.18. The fraction of sp³-hybridized carbons (Fsp3) is 0.0500. The number of hydrazone groups is 1. The van der Waals surface area contributed by atoms with E-state index in [9.17, 15) is 18.5 Å². The molecule has 166 valence electrons. The normalized spacial score (nSPS) is 11.3. The first-order chi connectivity index (χ1) is 15.2. The molecule has 0 bridgehead atoms. The summed E-state index contributed by atoms with van der Waals surface area (Å²) in [5.41, 5.74) is 2.86. The monoisotopic (exact) mass is 494 g/mol. The summed E-state index contributed by atoms with van der Waals surface area (Å²) in [6, 6.07) is 14.4. The predicted molar refractivity (Wildman–Crippen MR) is 125 cm³/mol. The minimum Gasteiger partial charge on any atom is -0.497 e. The Morgan fingerprint density at radius 2 is 1.72 bits per heavy atom. The lowest BCUT2D eigenvalue weighted by atomic mass is 10.2. The number of nitrogens with zero attached hydrogens (tertiary/aromatic N) is 2. The molecule has 0 amide bonds. The molecule has 0 fully saturated rings. The van der Waals surface area contributed by atoms with E-state index in [1.165, 1.54) is 31.5 Å². The van der Waals surface area contributed by atoms with Crippen molar-refractivity contribution < 1.29 is 18.1 Å². The zero-order valence-electron chi connectivity index (χ0n) is 16.5. The molecule has 32 heavy (non-hydrogen) atoms. The zero-order chi connectivity index (χ0) is 23.3. The van der Waals surface area contributed by atoms with Crippen molar-refractivity contribution in [2.75, 3.05) is 17.3 Å². The van der Waals surface area contributed by atoms with Crippen LogP contribution in [0, 0.1) is 10.1 Å². The van der Waals surface area contributed by atoms with E-state index in [1.807, 2.05) is 0 Å². The lowest BCUT2D eigenvalue weighted by Gasteiger charge is -2.12. The molecular weight excluding hydrogens is 479 g/mol. The van der Waals surface area contributed by atoms with Gasteiger partial charge in [0.25, 0.3) is 15.7 Å². The number of nitro benzene ring substituents is 1. The fourth-order valence-electron chi connectivity index (χ4n) is 2.61. The van der Waals surface area contributed by atoms with Gasteiger partial charge in [-0.15, -0.1) is 0 Å². The lowest BCUT2D eigenvalue weighted by Crippen LogP contribution is -2.15. The molecule has 0 radical (unpaired) electrons. The second-order valence-electron chi connectivity index (χ2n) is 6.28. The van der Waals surface area contributed by atoms with Gasteiger partial charge < -0.3 is 4.74 Å². The molecule has 3 aromatic carbocycles. The highest BCUT2D eigenvalue weighted by Gasteiger charge is 2.23. The van der Waals surface area contributed by atoms with Gasteiger partial charge in [0.15, 0.2) is 0 Å². The first-order valence-electron chi connectivity index (χ1n) is 8.89. The molecule has 12 heteroatoms. The van der Waals surface area contributed by atoms with Crippen LogP contribution in [0.25, 0.3) is 0 Å². The molecule has 0 unspecified atom stereocenters. The Bertz CT molecular complexity index is 1260. The Balaban J connectivity index is 1.95. The van der Waals surface area contributed by atoms with Crippen molar-refractivity contribution in [1.82, 2.24) is 0 Å². The summed E-state index contributed by atoms with van der Waals surface area (Å²) >= 11 is 12.2. The van der Waals surface area contributed by atoms with Crippen molar-refractivity contribution in [1.29, 1.82) is 0 Å². The van der Waals surface area contributed by atoms with Crippen LogP contribution < -0.4 is 14.9 Å². The molecule has 3 rings (SSSR count). The predicted octanol–water partition coefficient (Wildman–Crippen LogP) is 5.16. The number of hydrogen-bond acceptors (Lipinski definition) is 7. The molecule has 0 saturated carbocycles. The first kappa shape index (κ1) is 23.3. The summed E-state index contributed by atoms with van der Waals surface area (Å²) in [5.74, 6) is 0.540. The molecule has 0 heterocycles. The highest BCUT2D eigenvalue weighted by molar-refractivity contribution is 7.92. The summed E-state index contributed by atoms with van der Waals surface area (Å²) < 4.78 is 33.4. The van der Waals surface area contributed by atoms with Crippen LogP contribution in [0.2, 0.25) is 10.0 Å². The first-order valence-corrected chi connectivity index (χ1v) is 11.1. The van der Waals surface area contributed by atoms with E-state index in [2.05, 4.69) is 15.2 Å². The van der Waals surface area contributed by atoms with Gasteiger partial charge >= 0.3 is 0 Å². The van der Waals surface area contributed by atoms with Gasteiger partial charge in [0.2, 0.25) is 0 Å². The zero-order valence-corrected chi connectivity index (χ0v) is 18.8. The molecule has 9 nitrogen and oxygen atoms in total. The summed E-state index contributed by atoms with van der Waals surface area (Å²) in [6.45, 7) is 0. The molecule has 0 aliphatic heterocycles. The van der Waals surface area contributed by atoms with E-state index in [0.717, 1.165) is 12.1 Å². The third-order valence-corrected chi connectivity index (χ3v) is 6.27. The third-order valence-electron chi connectivity index (χ3n) is 4.19. The quantitative estimate of drug-likeness (QED) is 0.253. The van der Waals surface area contributed by atoms with Gasteiger partial charge in [0.05, 0.1) is 34.0 Å². The van der Waals surface area contributed by atoms with Gasteiger partial charge in [0.1, 0.15) is 10.6 Å². The standard InChI is InChI=1S/C20H16Cl2N4O5S/c1-31-15-8-5-13(6-9-15)25-32(29,30)20-11-14(26(27)28)7-10-19(20)24-23-12-16-17(21)3-2-4-18(16)22/h2-12,24-25H,1H3. The van der Waals surface area contributed by atoms with Crippen LogP contribution >= 0.6 is 23.2 Å². The largest absolute Gasteiger partial charge is 0.497 e. The van der Waals surface area contributed by atoms with E-state index >= 15 is 0 Å². The van der Waals surface area contributed by atoms with Gasteiger partial charge in [-0.1, -0.05) is 29.3 Å². The molecule has 0 aliphatic rings. The average molecular weight is 495 g/mol. The molecule has 0 atom stereocenters. The van der Waals surface area contributed by atoms with Crippen LogP contribution in [0.1, 0.15) is 5.56 Å². The number of methoxy groups -OCH3 is 1. The van der Waals surface area contributed by atoms with E-state index in [0.29, 0.717) is 21.4 Å². The smallest absolute Gasteiger partial charge is 0.270 e. The Hall–Kier alpha value is -3.34.